The van der Waals surface area contributed by atoms with Gasteiger partial charge in [0.2, 0.25) is 0 Å². The molecule has 0 bridgehead atoms. The summed E-state index contributed by atoms with van der Waals surface area (Å²) in [4.78, 5) is 6.35. The summed E-state index contributed by atoms with van der Waals surface area (Å²) in [7, 11) is 0. The Morgan fingerprint density at radius 1 is 1.33 bits per heavy atom. The second-order valence-electron chi connectivity index (χ2n) is 4.62. The van der Waals surface area contributed by atoms with Gasteiger partial charge in [0.15, 0.2) is 0 Å². The fourth-order valence-electron chi connectivity index (χ4n) is 1.77. The summed E-state index contributed by atoms with van der Waals surface area (Å²) in [6.45, 7) is 10.7. The first kappa shape index (κ1) is 12.0. The standard InChI is InChI=1S/C13H22N2/c1-11(2)7-5-8-12(3)15-10-6-9-14-13(15)4/h6,9-12H,4-5,7-8H2,1-3H3. The lowest BCUT2D eigenvalue weighted by molar-refractivity contribution is 0.325. The zero-order valence-electron chi connectivity index (χ0n) is 10.1. The average molecular weight is 206 g/mol. The Labute approximate surface area is 93.4 Å². The number of hydrogen-bond donors (Lipinski definition) is 0. The molecule has 1 atom stereocenters. The zero-order chi connectivity index (χ0) is 11.3. The van der Waals surface area contributed by atoms with Crippen molar-refractivity contribution >= 4 is 6.21 Å². The summed E-state index contributed by atoms with van der Waals surface area (Å²) in [6.07, 6.45) is 9.61. The summed E-state index contributed by atoms with van der Waals surface area (Å²) in [5.41, 5.74) is 0. The Morgan fingerprint density at radius 2 is 2.07 bits per heavy atom. The molecule has 1 aliphatic heterocycles. The first-order valence-corrected chi connectivity index (χ1v) is 5.79. The van der Waals surface area contributed by atoms with E-state index in [4.69, 9.17) is 0 Å². The van der Waals surface area contributed by atoms with Crippen LogP contribution in [-0.4, -0.2) is 17.2 Å². The summed E-state index contributed by atoms with van der Waals surface area (Å²) in [5, 5.41) is 0. The van der Waals surface area contributed by atoms with Crippen LogP contribution in [0.5, 0.6) is 0 Å². The number of hydrogen-bond acceptors (Lipinski definition) is 2. The molecule has 0 aromatic heterocycles. The highest BCUT2D eigenvalue weighted by molar-refractivity contribution is 5.73. The van der Waals surface area contributed by atoms with Gasteiger partial charge < -0.3 is 4.90 Å². The number of allylic oxidation sites excluding steroid dienone is 1. The van der Waals surface area contributed by atoms with Gasteiger partial charge >= 0.3 is 0 Å². The van der Waals surface area contributed by atoms with E-state index < -0.39 is 0 Å². The molecule has 1 unspecified atom stereocenters. The summed E-state index contributed by atoms with van der Waals surface area (Å²) in [6, 6.07) is 0.505. The van der Waals surface area contributed by atoms with Crippen LogP contribution in [-0.2, 0) is 0 Å². The van der Waals surface area contributed by atoms with E-state index in [1.807, 2.05) is 6.08 Å². The van der Waals surface area contributed by atoms with Crippen molar-refractivity contribution < 1.29 is 0 Å². The lowest BCUT2D eigenvalue weighted by Crippen LogP contribution is -2.27. The van der Waals surface area contributed by atoms with Gasteiger partial charge in [-0.3, -0.25) is 0 Å². The molecule has 0 fully saturated rings. The average Bonchev–Trinajstić information content (AvgIpc) is 2.17. The van der Waals surface area contributed by atoms with E-state index in [-0.39, 0.29) is 0 Å². The van der Waals surface area contributed by atoms with Crippen LogP contribution in [0.1, 0.15) is 40.0 Å². The Kier molecular flexibility index (Phi) is 4.60. The SMILES string of the molecule is C=C1N=CC=CN1C(C)CCCC(C)C. The fraction of sp³-hybridized carbons (Fsp3) is 0.615. The van der Waals surface area contributed by atoms with E-state index in [2.05, 4.69) is 43.4 Å². The van der Waals surface area contributed by atoms with E-state index in [0.29, 0.717) is 6.04 Å². The summed E-state index contributed by atoms with van der Waals surface area (Å²) >= 11 is 0. The molecule has 0 saturated carbocycles. The molecule has 2 heteroatoms. The maximum Gasteiger partial charge on any atom is 0.125 e. The van der Waals surface area contributed by atoms with E-state index in [9.17, 15) is 0 Å². The highest BCUT2D eigenvalue weighted by atomic mass is 15.2. The van der Waals surface area contributed by atoms with Gasteiger partial charge in [0.1, 0.15) is 5.82 Å². The minimum absolute atomic E-state index is 0.505. The van der Waals surface area contributed by atoms with E-state index >= 15 is 0 Å². The lowest BCUT2D eigenvalue weighted by Gasteiger charge is -2.28. The van der Waals surface area contributed by atoms with Crippen LogP contribution in [0.4, 0.5) is 0 Å². The second-order valence-corrected chi connectivity index (χ2v) is 4.62. The predicted molar refractivity (Wildman–Crippen MR) is 66.8 cm³/mol. The first-order valence-electron chi connectivity index (χ1n) is 5.79. The Balaban J connectivity index is 2.33. The van der Waals surface area contributed by atoms with Crippen LogP contribution in [0.3, 0.4) is 0 Å². The van der Waals surface area contributed by atoms with Crippen molar-refractivity contribution in [1.82, 2.24) is 4.90 Å². The van der Waals surface area contributed by atoms with Crippen molar-refractivity contribution in [1.29, 1.82) is 0 Å². The van der Waals surface area contributed by atoms with Gasteiger partial charge in [-0.15, -0.1) is 0 Å². The van der Waals surface area contributed by atoms with Crippen LogP contribution in [0.25, 0.3) is 0 Å². The van der Waals surface area contributed by atoms with Crippen molar-refractivity contribution in [3.63, 3.8) is 0 Å². The Hall–Kier alpha value is -1.05. The monoisotopic (exact) mass is 206 g/mol. The molecule has 0 amide bonds. The second kappa shape index (κ2) is 5.74. The van der Waals surface area contributed by atoms with Gasteiger partial charge in [-0.1, -0.05) is 33.3 Å². The van der Waals surface area contributed by atoms with Crippen molar-refractivity contribution in [2.24, 2.45) is 10.9 Å². The van der Waals surface area contributed by atoms with Crippen molar-refractivity contribution in [2.75, 3.05) is 0 Å². The van der Waals surface area contributed by atoms with Gasteiger partial charge in [-0.2, -0.15) is 0 Å². The Morgan fingerprint density at radius 3 is 2.67 bits per heavy atom. The maximum atomic E-state index is 4.20. The highest BCUT2D eigenvalue weighted by Gasteiger charge is 2.13. The first-order chi connectivity index (χ1) is 7.11. The third-order valence-corrected chi connectivity index (χ3v) is 2.73. The van der Waals surface area contributed by atoms with Crippen LogP contribution in [0, 0.1) is 5.92 Å². The van der Waals surface area contributed by atoms with Gasteiger partial charge in [-0.05, 0) is 25.3 Å². The molecule has 0 aromatic carbocycles. The third kappa shape index (κ3) is 3.90. The van der Waals surface area contributed by atoms with Crippen LogP contribution < -0.4 is 0 Å². The molecule has 1 rings (SSSR count). The molecule has 15 heavy (non-hydrogen) atoms. The predicted octanol–water partition coefficient (Wildman–Crippen LogP) is 3.57. The smallest absolute Gasteiger partial charge is 0.125 e. The molecule has 2 nitrogen and oxygen atoms in total. The number of aliphatic imine (C=N–C) groups is 1. The molecule has 0 saturated heterocycles. The minimum Gasteiger partial charge on any atom is -0.331 e. The summed E-state index contributed by atoms with van der Waals surface area (Å²) < 4.78 is 0. The topological polar surface area (TPSA) is 15.6 Å². The minimum atomic E-state index is 0.505. The Bertz CT molecular complexity index is 264. The van der Waals surface area contributed by atoms with Gasteiger partial charge in [-0.25, -0.2) is 4.99 Å². The highest BCUT2D eigenvalue weighted by Crippen LogP contribution is 2.18. The van der Waals surface area contributed by atoms with Crippen molar-refractivity contribution in [3.8, 4) is 0 Å². The molecule has 0 aromatic rings. The van der Waals surface area contributed by atoms with Crippen LogP contribution in [0.15, 0.2) is 29.7 Å². The van der Waals surface area contributed by atoms with Crippen molar-refractivity contribution in [2.45, 2.75) is 46.1 Å². The largest absolute Gasteiger partial charge is 0.331 e. The lowest BCUT2D eigenvalue weighted by atomic mass is 10.0. The van der Waals surface area contributed by atoms with Crippen molar-refractivity contribution in [3.05, 3.63) is 24.7 Å². The maximum absolute atomic E-state index is 4.20. The van der Waals surface area contributed by atoms with Crippen LogP contribution >= 0.6 is 0 Å². The van der Waals surface area contributed by atoms with E-state index in [1.165, 1.54) is 19.3 Å². The number of rotatable bonds is 5. The normalized spacial score (nSPS) is 17.6. The quantitative estimate of drug-likeness (QED) is 0.671. The van der Waals surface area contributed by atoms with E-state index in [0.717, 1.165) is 11.7 Å². The molecule has 0 aliphatic carbocycles. The zero-order valence-corrected chi connectivity index (χ0v) is 10.1. The van der Waals surface area contributed by atoms with E-state index in [1.54, 1.807) is 6.21 Å². The van der Waals surface area contributed by atoms with Gasteiger partial charge in [0.05, 0.1) is 0 Å². The van der Waals surface area contributed by atoms with Gasteiger partial charge in [0.25, 0.3) is 0 Å². The third-order valence-electron chi connectivity index (χ3n) is 2.73. The molecule has 84 valence electrons. The molecule has 1 heterocycles. The van der Waals surface area contributed by atoms with Gasteiger partial charge in [0, 0.05) is 18.5 Å². The molecule has 0 N–H and O–H groups in total. The van der Waals surface area contributed by atoms with Crippen LogP contribution in [0.2, 0.25) is 0 Å². The molecule has 1 aliphatic rings. The molecular weight excluding hydrogens is 184 g/mol. The molecular formula is C13H22N2. The number of nitrogens with zero attached hydrogens (tertiary/aromatic N) is 2. The fourth-order valence-corrected chi connectivity index (χ4v) is 1.77. The molecule has 0 radical (unpaired) electrons. The molecule has 0 spiro atoms. The summed E-state index contributed by atoms with van der Waals surface area (Å²) in [5.74, 6) is 1.66.